The summed E-state index contributed by atoms with van der Waals surface area (Å²) >= 11 is 0. The number of aromatic nitrogens is 3. The molecule has 0 aromatic carbocycles. The molecule has 2 aromatic rings. The Morgan fingerprint density at radius 1 is 1.43 bits per heavy atom. The molecule has 1 aliphatic heterocycles. The first-order valence-electron chi connectivity index (χ1n) is 6.85. The van der Waals surface area contributed by atoms with Crippen LogP contribution in [0.3, 0.4) is 0 Å². The lowest BCUT2D eigenvalue weighted by Gasteiger charge is -2.17. The summed E-state index contributed by atoms with van der Waals surface area (Å²) in [6.45, 7) is 2.34. The summed E-state index contributed by atoms with van der Waals surface area (Å²) in [6.07, 6.45) is -0.556. The zero-order chi connectivity index (χ0) is 15.1. The van der Waals surface area contributed by atoms with Crippen molar-refractivity contribution >= 4 is 16.9 Å². The quantitative estimate of drug-likeness (QED) is 0.514. The smallest absolute Gasteiger partial charge is 0.300 e. The molecule has 8 heteroatoms. The van der Waals surface area contributed by atoms with Crippen LogP contribution in [0.4, 0.5) is 5.82 Å². The maximum Gasteiger partial charge on any atom is 0.300 e. The molecule has 5 N–H and O–H groups in total. The van der Waals surface area contributed by atoms with Crippen LogP contribution in [0.25, 0.3) is 11.0 Å². The molecule has 0 radical (unpaired) electrons. The molecule has 1 fully saturated rings. The Hall–Kier alpha value is -1.74. The Kier molecular flexibility index (Phi) is 3.54. The first-order chi connectivity index (χ1) is 10.1. The van der Waals surface area contributed by atoms with Gasteiger partial charge in [0.15, 0.2) is 11.7 Å². The van der Waals surface area contributed by atoms with Crippen LogP contribution in [-0.4, -0.2) is 49.8 Å². The predicted molar refractivity (Wildman–Crippen MR) is 73.0 cm³/mol. The number of aliphatic hydroxyl groups excluding tert-OH is 3. The van der Waals surface area contributed by atoms with Gasteiger partial charge in [-0.3, -0.25) is 5.73 Å². The van der Waals surface area contributed by atoms with Gasteiger partial charge in [0.2, 0.25) is 0 Å². The zero-order valence-electron chi connectivity index (χ0n) is 11.6. The van der Waals surface area contributed by atoms with Gasteiger partial charge < -0.3 is 24.6 Å². The fourth-order valence-electron chi connectivity index (χ4n) is 2.70. The molecule has 4 unspecified atom stereocenters. The predicted octanol–water partition coefficient (Wildman–Crippen LogP) is -1.46. The Balaban J connectivity index is 2.04. The lowest BCUT2D eigenvalue weighted by molar-refractivity contribution is -0.678. The fraction of sp³-hybridized carbons (Fsp3) is 0.538. The van der Waals surface area contributed by atoms with Crippen molar-refractivity contribution in [1.29, 1.82) is 0 Å². The Bertz CT molecular complexity index is 659. The number of pyridine rings is 1. The first-order valence-corrected chi connectivity index (χ1v) is 6.85. The Morgan fingerprint density at radius 3 is 2.81 bits per heavy atom. The van der Waals surface area contributed by atoms with Crippen molar-refractivity contribution in [2.45, 2.75) is 38.0 Å². The lowest BCUT2D eigenvalue weighted by atomic mass is 10.1. The highest BCUT2D eigenvalue weighted by atomic mass is 16.6. The number of hydrogen-bond donors (Lipinski definition) is 4. The number of fused-ring (bicyclic) bond motifs is 1. The van der Waals surface area contributed by atoms with E-state index in [0.29, 0.717) is 16.9 Å². The van der Waals surface area contributed by atoms with Gasteiger partial charge in [-0.2, -0.15) is 0 Å². The molecule has 0 aliphatic carbocycles. The van der Waals surface area contributed by atoms with Crippen molar-refractivity contribution in [2.75, 3.05) is 12.3 Å². The highest BCUT2D eigenvalue weighted by molar-refractivity contribution is 5.82. The number of nitrogen functional groups attached to an aromatic ring is 1. The monoisotopic (exact) mass is 295 g/mol. The van der Waals surface area contributed by atoms with Crippen molar-refractivity contribution in [1.82, 2.24) is 9.55 Å². The van der Waals surface area contributed by atoms with Gasteiger partial charge in [-0.25, -0.2) is 9.55 Å². The average Bonchev–Trinajstić information content (AvgIpc) is 3.03. The first kappa shape index (κ1) is 14.2. The van der Waals surface area contributed by atoms with Crippen LogP contribution in [0.15, 0.2) is 18.6 Å². The summed E-state index contributed by atoms with van der Waals surface area (Å²) < 4.78 is 8.99. The van der Waals surface area contributed by atoms with Crippen LogP contribution in [-0.2, 0) is 11.3 Å². The van der Waals surface area contributed by atoms with E-state index in [1.54, 1.807) is 4.57 Å². The van der Waals surface area contributed by atoms with Gasteiger partial charge in [-0.1, -0.05) is 0 Å². The number of imidazole rings is 1. The molecule has 0 bridgehead atoms. The van der Waals surface area contributed by atoms with Crippen LogP contribution < -0.4 is 10.3 Å². The van der Waals surface area contributed by atoms with E-state index in [0.717, 1.165) is 6.54 Å². The molecule has 0 spiro atoms. The minimum atomic E-state index is -1.14. The van der Waals surface area contributed by atoms with E-state index < -0.39 is 24.5 Å². The molecule has 3 heterocycles. The average molecular weight is 295 g/mol. The summed E-state index contributed by atoms with van der Waals surface area (Å²) in [5.74, 6) is 0.528. The second-order valence-corrected chi connectivity index (χ2v) is 5.10. The SMILES string of the molecule is CC[n+]1ccc2c(ncn2C2OC(CO)C(O)C2O)c1N. The number of hydrogen-bond acceptors (Lipinski definition) is 6. The van der Waals surface area contributed by atoms with E-state index in [1.807, 2.05) is 23.8 Å². The number of rotatable bonds is 3. The lowest BCUT2D eigenvalue weighted by Crippen LogP contribution is -2.35. The third kappa shape index (κ3) is 2.07. The molecular weight excluding hydrogens is 276 g/mol. The fourth-order valence-corrected chi connectivity index (χ4v) is 2.70. The standard InChI is InChI=1S/C13H18N4O4/c1-2-16-4-3-7-9(12(16)14)15-6-17(7)13-11(20)10(19)8(5-18)21-13/h3-4,6,8,10-11,13-14,18-20H,2,5H2,1H3/p+1. The van der Waals surface area contributed by atoms with Crippen molar-refractivity contribution in [3.8, 4) is 0 Å². The maximum absolute atomic E-state index is 10.1. The number of anilines is 1. The molecule has 114 valence electrons. The van der Waals surface area contributed by atoms with Gasteiger partial charge in [-0.05, 0) is 6.92 Å². The number of nitrogens with zero attached hydrogens (tertiary/aromatic N) is 3. The van der Waals surface area contributed by atoms with Gasteiger partial charge in [0.1, 0.15) is 18.3 Å². The molecule has 1 saturated heterocycles. The molecule has 8 nitrogen and oxygen atoms in total. The minimum absolute atomic E-state index is 0.362. The van der Waals surface area contributed by atoms with Crippen LogP contribution in [0.1, 0.15) is 13.2 Å². The van der Waals surface area contributed by atoms with Crippen molar-refractivity contribution in [3.05, 3.63) is 18.6 Å². The van der Waals surface area contributed by atoms with Crippen molar-refractivity contribution < 1.29 is 24.6 Å². The second-order valence-electron chi connectivity index (χ2n) is 5.10. The van der Waals surface area contributed by atoms with Crippen LogP contribution in [0, 0.1) is 0 Å². The molecular formula is C13H19N4O4+. The van der Waals surface area contributed by atoms with E-state index >= 15 is 0 Å². The molecule has 0 saturated carbocycles. The van der Waals surface area contributed by atoms with E-state index in [2.05, 4.69) is 4.98 Å². The van der Waals surface area contributed by atoms with Gasteiger partial charge in [0.25, 0.3) is 0 Å². The number of ether oxygens (including phenoxy) is 1. The van der Waals surface area contributed by atoms with E-state index in [-0.39, 0.29) is 6.61 Å². The molecule has 3 rings (SSSR count). The molecule has 21 heavy (non-hydrogen) atoms. The highest BCUT2D eigenvalue weighted by Crippen LogP contribution is 2.32. The van der Waals surface area contributed by atoms with Crippen LogP contribution >= 0.6 is 0 Å². The van der Waals surface area contributed by atoms with E-state index in [9.17, 15) is 10.2 Å². The van der Waals surface area contributed by atoms with Gasteiger partial charge in [0.05, 0.1) is 31.2 Å². The Labute approximate surface area is 121 Å². The molecule has 0 amide bonds. The summed E-state index contributed by atoms with van der Waals surface area (Å²) in [5.41, 5.74) is 7.36. The zero-order valence-corrected chi connectivity index (χ0v) is 11.6. The molecule has 2 aromatic heterocycles. The highest BCUT2D eigenvalue weighted by Gasteiger charge is 2.43. The molecule has 1 aliphatic rings. The number of aryl methyl sites for hydroxylation is 1. The molecule has 4 atom stereocenters. The van der Waals surface area contributed by atoms with Crippen molar-refractivity contribution in [3.63, 3.8) is 0 Å². The summed E-state index contributed by atoms with van der Waals surface area (Å²) in [7, 11) is 0. The van der Waals surface area contributed by atoms with Gasteiger partial charge >= 0.3 is 5.82 Å². The number of aliphatic hydroxyl groups is 3. The van der Waals surface area contributed by atoms with Gasteiger partial charge in [0, 0.05) is 6.07 Å². The summed E-state index contributed by atoms with van der Waals surface area (Å²) in [4.78, 5) is 4.26. The third-order valence-electron chi connectivity index (χ3n) is 3.93. The second kappa shape index (κ2) is 5.23. The van der Waals surface area contributed by atoms with Gasteiger partial charge in [-0.15, -0.1) is 0 Å². The normalized spacial score (nSPS) is 29.3. The van der Waals surface area contributed by atoms with Crippen molar-refractivity contribution in [2.24, 2.45) is 0 Å². The van der Waals surface area contributed by atoms with E-state index in [4.69, 9.17) is 15.6 Å². The van der Waals surface area contributed by atoms with E-state index in [1.165, 1.54) is 6.33 Å². The maximum atomic E-state index is 10.1. The summed E-state index contributed by atoms with van der Waals surface area (Å²) in [5, 5.41) is 29.1. The Morgan fingerprint density at radius 2 is 2.19 bits per heavy atom. The van der Waals surface area contributed by atoms with Crippen LogP contribution in [0.5, 0.6) is 0 Å². The minimum Gasteiger partial charge on any atom is -0.394 e. The van der Waals surface area contributed by atoms with Crippen LogP contribution in [0.2, 0.25) is 0 Å². The summed E-state index contributed by atoms with van der Waals surface area (Å²) in [6, 6.07) is 1.83. The third-order valence-corrected chi connectivity index (χ3v) is 3.93. The largest absolute Gasteiger partial charge is 0.394 e. The topological polar surface area (TPSA) is 118 Å². The number of nitrogens with two attached hydrogens (primary N) is 1.